The van der Waals surface area contributed by atoms with Gasteiger partial charge in [0.1, 0.15) is 0 Å². The number of primary sulfonamides is 1. The van der Waals surface area contributed by atoms with Crippen LogP contribution in [0, 0.1) is 11.3 Å². The molecule has 1 fully saturated rings. The average Bonchev–Trinajstić information content (AvgIpc) is 2.64. The van der Waals surface area contributed by atoms with Gasteiger partial charge in [0.15, 0.2) is 0 Å². The van der Waals surface area contributed by atoms with Crippen LogP contribution in [0.25, 0.3) is 0 Å². The zero-order valence-electron chi connectivity index (χ0n) is 11.2. The predicted octanol–water partition coefficient (Wildman–Crippen LogP) is 0.998. The van der Waals surface area contributed by atoms with Crippen molar-refractivity contribution >= 4 is 15.9 Å². The van der Waals surface area contributed by atoms with E-state index in [4.69, 9.17) is 5.14 Å². The van der Waals surface area contributed by atoms with Crippen molar-refractivity contribution in [2.24, 2.45) is 16.5 Å². The number of nitrogens with two attached hydrogens (primary N) is 1. The van der Waals surface area contributed by atoms with Crippen molar-refractivity contribution in [2.45, 2.75) is 46.0 Å². The fourth-order valence-electron chi connectivity index (χ4n) is 2.85. The molecule has 1 aliphatic rings. The molecule has 106 valence electrons. The average molecular weight is 276 g/mol. The fraction of sp³-hybridized carbons (Fsp3) is 0.917. The van der Waals surface area contributed by atoms with Gasteiger partial charge in [0.2, 0.25) is 15.9 Å². The van der Waals surface area contributed by atoms with Crippen LogP contribution in [0.2, 0.25) is 0 Å². The molecule has 0 spiro atoms. The van der Waals surface area contributed by atoms with Crippen LogP contribution in [0.1, 0.15) is 46.0 Å². The van der Waals surface area contributed by atoms with E-state index in [9.17, 15) is 13.2 Å². The first kappa shape index (κ1) is 15.4. The monoisotopic (exact) mass is 276 g/mol. The first-order chi connectivity index (χ1) is 8.25. The Morgan fingerprint density at radius 3 is 2.33 bits per heavy atom. The van der Waals surface area contributed by atoms with Gasteiger partial charge in [-0.15, -0.1) is 0 Å². The molecule has 6 heteroatoms. The number of carbonyl (C=O) groups is 1. The first-order valence-corrected chi connectivity index (χ1v) is 8.25. The molecule has 1 saturated carbocycles. The molecular formula is C12H24N2O3S. The van der Waals surface area contributed by atoms with Crippen molar-refractivity contribution in [3.8, 4) is 0 Å². The predicted molar refractivity (Wildman–Crippen MR) is 71.3 cm³/mol. The molecule has 5 nitrogen and oxygen atoms in total. The van der Waals surface area contributed by atoms with Gasteiger partial charge in [0.25, 0.3) is 0 Å². The van der Waals surface area contributed by atoms with Gasteiger partial charge in [-0.3, -0.25) is 4.79 Å². The number of carbonyl (C=O) groups excluding carboxylic acids is 1. The van der Waals surface area contributed by atoms with Gasteiger partial charge in [-0.2, -0.15) is 0 Å². The zero-order valence-corrected chi connectivity index (χ0v) is 12.1. The van der Waals surface area contributed by atoms with Crippen molar-refractivity contribution in [1.82, 2.24) is 5.32 Å². The maximum atomic E-state index is 12.2. The van der Waals surface area contributed by atoms with E-state index in [1.807, 2.05) is 0 Å². The second-order valence-corrected chi connectivity index (χ2v) is 7.44. The topological polar surface area (TPSA) is 89.3 Å². The minimum absolute atomic E-state index is 0.00245. The molecule has 0 unspecified atom stereocenters. The number of nitrogens with one attached hydrogen (secondary N) is 1. The number of amides is 1. The second-order valence-electron chi connectivity index (χ2n) is 5.71. The van der Waals surface area contributed by atoms with Crippen molar-refractivity contribution in [3.63, 3.8) is 0 Å². The Hall–Kier alpha value is -0.620. The summed E-state index contributed by atoms with van der Waals surface area (Å²) in [6, 6.07) is 0. The van der Waals surface area contributed by atoms with E-state index in [1.54, 1.807) is 0 Å². The molecule has 0 bridgehead atoms. The molecule has 18 heavy (non-hydrogen) atoms. The van der Waals surface area contributed by atoms with Gasteiger partial charge >= 0.3 is 0 Å². The number of hydrogen-bond donors (Lipinski definition) is 2. The highest BCUT2D eigenvalue weighted by atomic mass is 32.2. The molecule has 3 N–H and O–H groups in total. The third-order valence-corrected chi connectivity index (χ3v) is 4.29. The van der Waals surface area contributed by atoms with Gasteiger partial charge < -0.3 is 5.32 Å². The Balaban J connectivity index is 2.56. The molecule has 0 heterocycles. The number of sulfonamides is 1. The van der Waals surface area contributed by atoms with Gasteiger partial charge in [-0.05, 0) is 25.2 Å². The molecule has 0 aromatic carbocycles. The van der Waals surface area contributed by atoms with Crippen molar-refractivity contribution in [3.05, 3.63) is 0 Å². The SMILES string of the molecule is CC(C)CC1(C(=O)NCCS(N)(=O)=O)CCCC1. The van der Waals surface area contributed by atoms with E-state index in [2.05, 4.69) is 19.2 Å². The summed E-state index contributed by atoms with van der Waals surface area (Å²) in [5.41, 5.74) is -0.285. The zero-order chi connectivity index (χ0) is 13.8. The smallest absolute Gasteiger partial charge is 0.226 e. The third kappa shape index (κ3) is 4.57. The Labute approximate surface area is 110 Å². The third-order valence-electron chi connectivity index (χ3n) is 3.51. The van der Waals surface area contributed by atoms with Gasteiger partial charge in [-0.25, -0.2) is 13.6 Å². The largest absolute Gasteiger partial charge is 0.355 e. The molecule has 0 aromatic heterocycles. The van der Waals surface area contributed by atoms with E-state index in [0.717, 1.165) is 32.1 Å². The van der Waals surface area contributed by atoms with Crippen LogP contribution in [-0.2, 0) is 14.8 Å². The Bertz CT molecular complexity index is 384. The Morgan fingerprint density at radius 1 is 1.33 bits per heavy atom. The molecule has 0 radical (unpaired) electrons. The van der Waals surface area contributed by atoms with Gasteiger partial charge in [-0.1, -0.05) is 26.7 Å². The highest BCUT2D eigenvalue weighted by Gasteiger charge is 2.41. The normalized spacial score (nSPS) is 19.1. The van der Waals surface area contributed by atoms with E-state index < -0.39 is 10.0 Å². The van der Waals surface area contributed by atoms with Gasteiger partial charge in [0.05, 0.1) is 5.75 Å². The summed E-state index contributed by atoms with van der Waals surface area (Å²) in [6.45, 7) is 4.33. The first-order valence-electron chi connectivity index (χ1n) is 6.54. The van der Waals surface area contributed by atoms with E-state index >= 15 is 0 Å². The molecular weight excluding hydrogens is 252 g/mol. The fourth-order valence-corrected chi connectivity index (χ4v) is 3.24. The maximum Gasteiger partial charge on any atom is 0.226 e. The Kier molecular flexibility index (Phi) is 5.16. The van der Waals surface area contributed by atoms with Crippen molar-refractivity contribution in [2.75, 3.05) is 12.3 Å². The molecule has 0 aromatic rings. The molecule has 1 aliphatic carbocycles. The summed E-state index contributed by atoms with van der Waals surface area (Å²) < 4.78 is 21.6. The standard InChI is InChI=1S/C12H24N2O3S/c1-10(2)9-12(5-3-4-6-12)11(15)14-7-8-18(13,16)17/h10H,3-9H2,1-2H3,(H,14,15)(H2,13,16,17). The van der Waals surface area contributed by atoms with Crippen LogP contribution in [0.3, 0.4) is 0 Å². The lowest BCUT2D eigenvalue weighted by Gasteiger charge is -2.29. The molecule has 0 aliphatic heterocycles. The minimum Gasteiger partial charge on any atom is -0.355 e. The summed E-state index contributed by atoms with van der Waals surface area (Å²) in [6.07, 6.45) is 4.84. The van der Waals surface area contributed by atoms with E-state index in [-0.39, 0.29) is 23.6 Å². The molecule has 1 amide bonds. The summed E-state index contributed by atoms with van der Waals surface area (Å²) >= 11 is 0. The summed E-state index contributed by atoms with van der Waals surface area (Å²) in [4.78, 5) is 12.2. The molecule has 0 saturated heterocycles. The Morgan fingerprint density at radius 2 is 1.89 bits per heavy atom. The highest BCUT2D eigenvalue weighted by molar-refractivity contribution is 7.89. The second kappa shape index (κ2) is 6.02. The number of hydrogen-bond acceptors (Lipinski definition) is 3. The molecule has 0 atom stereocenters. The summed E-state index contributed by atoms with van der Waals surface area (Å²) in [5.74, 6) is 0.265. The minimum atomic E-state index is -3.50. The maximum absolute atomic E-state index is 12.2. The highest BCUT2D eigenvalue weighted by Crippen LogP contribution is 2.43. The van der Waals surface area contributed by atoms with Crippen molar-refractivity contribution < 1.29 is 13.2 Å². The quantitative estimate of drug-likeness (QED) is 0.758. The summed E-state index contributed by atoms with van der Waals surface area (Å²) in [7, 11) is -3.50. The van der Waals surface area contributed by atoms with Crippen LogP contribution in [0.15, 0.2) is 0 Å². The van der Waals surface area contributed by atoms with Crippen LogP contribution in [0.4, 0.5) is 0 Å². The number of rotatable bonds is 6. The van der Waals surface area contributed by atoms with E-state index in [0.29, 0.717) is 5.92 Å². The van der Waals surface area contributed by atoms with Crippen LogP contribution < -0.4 is 10.5 Å². The lowest BCUT2D eigenvalue weighted by atomic mass is 9.78. The van der Waals surface area contributed by atoms with Crippen molar-refractivity contribution in [1.29, 1.82) is 0 Å². The van der Waals surface area contributed by atoms with Gasteiger partial charge in [0, 0.05) is 12.0 Å². The molecule has 1 rings (SSSR count). The lowest BCUT2D eigenvalue weighted by molar-refractivity contribution is -0.131. The van der Waals surface area contributed by atoms with Crippen LogP contribution in [0.5, 0.6) is 0 Å². The lowest BCUT2D eigenvalue weighted by Crippen LogP contribution is -2.42. The van der Waals surface area contributed by atoms with Crippen LogP contribution >= 0.6 is 0 Å². The summed E-state index contributed by atoms with van der Waals surface area (Å²) in [5, 5.41) is 7.64. The van der Waals surface area contributed by atoms with Crippen LogP contribution in [-0.4, -0.2) is 26.6 Å². The van der Waals surface area contributed by atoms with E-state index in [1.165, 1.54) is 0 Å².